The molecule has 2 aromatic heterocycles. The highest BCUT2D eigenvalue weighted by molar-refractivity contribution is 5.92. The fourth-order valence-corrected chi connectivity index (χ4v) is 4.51. The number of rotatable bonds is 6. The monoisotopic (exact) mass is 441 g/mol. The maximum Gasteiger partial charge on any atom is 0.271 e. The molecule has 0 spiro atoms. The number of nitrogens with one attached hydrogen (secondary N) is 1. The maximum atomic E-state index is 12.6. The van der Waals surface area contributed by atoms with Crippen molar-refractivity contribution in [1.82, 2.24) is 25.3 Å². The summed E-state index contributed by atoms with van der Waals surface area (Å²) in [6.07, 6.45) is 4.81. The third-order valence-electron chi connectivity index (χ3n) is 6.33. The minimum atomic E-state index is -0.535. The molecule has 0 radical (unpaired) electrons. The molecule has 0 bridgehead atoms. The lowest BCUT2D eigenvalue weighted by Gasteiger charge is -2.37. The van der Waals surface area contributed by atoms with Crippen molar-refractivity contribution in [3.05, 3.63) is 40.3 Å². The number of hydrogen-bond donors (Lipinski definition) is 2. The van der Waals surface area contributed by atoms with Gasteiger partial charge in [0.1, 0.15) is 5.82 Å². The first-order valence-corrected chi connectivity index (χ1v) is 11.3. The number of aliphatic hydroxyl groups excluding tert-OH is 1. The normalized spacial score (nSPS) is 23.2. The molecule has 2 N–H and O–H groups in total. The predicted octanol–water partition coefficient (Wildman–Crippen LogP) is 0.974. The molecule has 1 saturated heterocycles. The van der Waals surface area contributed by atoms with Crippen molar-refractivity contribution in [2.45, 2.75) is 56.7 Å². The van der Waals surface area contributed by atoms with Crippen molar-refractivity contribution in [2.75, 3.05) is 37.0 Å². The van der Waals surface area contributed by atoms with E-state index < -0.39 is 6.10 Å². The highest BCUT2D eigenvalue weighted by Gasteiger charge is 2.30. The zero-order chi connectivity index (χ0) is 22.7. The molecule has 32 heavy (non-hydrogen) atoms. The van der Waals surface area contributed by atoms with Gasteiger partial charge in [-0.1, -0.05) is 0 Å². The van der Waals surface area contributed by atoms with Gasteiger partial charge in [0.25, 0.3) is 11.5 Å². The molecular formula is C22H31N7O3. The predicted molar refractivity (Wildman–Crippen MR) is 121 cm³/mol. The molecule has 0 aromatic carbocycles. The Morgan fingerprint density at radius 1 is 1.12 bits per heavy atom. The zero-order valence-electron chi connectivity index (χ0n) is 18.6. The molecule has 2 fully saturated rings. The number of anilines is 2. The van der Waals surface area contributed by atoms with Gasteiger partial charge in [0, 0.05) is 39.3 Å². The third-order valence-corrected chi connectivity index (χ3v) is 6.33. The minimum Gasteiger partial charge on any atom is -0.391 e. The number of hydrogen-bond acceptors (Lipinski definition) is 8. The summed E-state index contributed by atoms with van der Waals surface area (Å²) in [4.78, 5) is 29.0. The van der Waals surface area contributed by atoms with Crippen LogP contribution in [0.15, 0.2) is 29.1 Å². The van der Waals surface area contributed by atoms with Crippen molar-refractivity contribution in [3.8, 4) is 0 Å². The van der Waals surface area contributed by atoms with Gasteiger partial charge in [0.2, 0.25) is 0 Å². The zero-order valence-corrected chi connectivity index (χ0v) is 18.6. The van der Waals surface area contributed by atoms with E-state index in [-0.39, 0.29) is 29.2 Å². The SMILES string of the molecule is CN(C)c1ccc(C(=O)NCC2CCCCN2c2ccc(=O)n(C3CCCC3O)n2)nn1. The Morgan fingerprint density at radius 2 is 1.97 bits per heavy atom. The van der Waals surface area contributed by atoms with Crippen LogP contribution in [0, 0.1) is 0 Å². The summed E-state index contributed by atoms with van der Waals surface area (Å²) in [6, 6.07) is 6.49. The van der Waals surface area contributed by atoms with Crippen LogP contribution in [-0.2, 0) is 0 Å². The summed E-state index contributed by atoms with van der Waals surface area (Å²) < 4.78 is 1.44. The standard InChI is InChI=1S/C22H31N7O3/c1-27(2)19-10-9-16(24-25-19)22(32)23-14-15-6-3-4-13-28(15)20-11-12-21(31)29(26-20)17-7-5-8-18(17)30/h9-12,15,17-18,30H,3-8,13-14H2,1-2H3,(H,23,32). The van der Waals surface area contributed by atoms with E-state index in [4.69, 9.17) is 0 Å². The van der Waals surface area contributed by atoms with Crippen LogP contribution >= 0.6 is 0 Å². The Morgan fingerprint density at radius 3 is 2.66 bits per heavy atom. The van der Waals surface area contributed by atoms with Crippen molar-refractivity contribution in [1.29, 1.82) is 0 Å². The summed E-state index contributed by atoms with van der Waals surface area (Å²) in [5.41, 5.74) is 0.0844. The average molecular weight is 442 g/mol. The van der Waals surface area contributed by atoms with Crippen LogP contribution < -0.4 is 20.7 Å². The lowest BCUT2D eigenvalue weighted by molar-refractivity contribution is 0.0943. The molecule has 3 unspecified atom stereocenters. The Labute approximate surface area is 187 Å². The molecule has 2 aliphatic rings. The first-order chi connectivity index (χ1) is 15.4. The Hall–Kier alpha value is -3.01. The molecular weight excluding hydrogens is 410 g/mol. The molecule has 1 aliphatic carbocycles. The van der Waals surface area contributed by atoms with E-state index in [0.717, 1.165) is 38.6 Å². The van der Waals surface area contributed by atoms with Gasteiger partial charge in [-0.2, -0.15) is 5.10 Å². The highest BCUT2D eigenvalue weighted by Crippen LogP contribution is 2.29. The van der Waals surface area contributed by atoms with Crippen molar-refractivity contribution < 1.29 is 9.90 Å². The van der Waals surface area contributed by atoms with Crippen LogP contribution in [0.1, 0.15) is 55.1 Å². The van der Waals surface area contributed by atoms with Crippen molar-refractivity contribution in [2.24, 2.45) is 0 Å². The molecule has 1 aliphatic heterocycles. The van der Waals surface area contributed by atoms with Crippen LogP contribution in [0.4, 0.5) is 11.6 Å². The molecule has 3 heterocycles. The Kier molecular flexibility index (Phi) is 6.69. The summed E-state index contributed by atoms with van der Waals surface area (Å²) in [7, 11) is 3.73. The fraction of sp³-hybridized carbons (Fsp3) is 0.591. The lowest BCUT2D eigenvalue weighted by atomic mass is 10.0. The van der Waals surface area contributed by atoms with E-state index in [9.17, 15) is 14.7 Å². The summed E-state index contributed by atoms with van der Waals surface area (Å²) in [6.45, 7) is 1.25. The van der Waals surface area contributed by atoms with Gasteiger partial charge in [-0.15, -0.1) is 10.2 Å². The minimum absolute atomic E-state index is 0.0636. The second-order valence-corrected chi connectivity index (χ2v) is 8.76. The van der Waals surface area contributed by atoms with Crippen LogP contribution in [0.2, 0.25) is 0 Å². The first kappa shape index (κ1) is 22.2. The second-order valence-electron chi connectivity index (χ2n) is 8.76. The van der Waals surface area contributed by atoms with Crippen LogP contribution in [0.3, 0.4) is 0 Å². The van der Waals surface area contributed by atoms with Gasteiger partial charge in [-0.3, -0.25) is 9.59 Å². The molecule has 10 nitrogen and oxygen atoms in total. The van der Waals surface area contributed by atoms with Crippen LogP contribution in [0.5, 0.6) is 0 Å². The van der Waals surface area contributed by atoms with Gasteiger partial charge in [-0.25, -0.2) is 4.68 Å². The van der Waals surface area contributed by atoms with Gasteiger partial charge in [-0.05, 0) is 56.7 Å². The highest BCUT2D eigenvalue weighted by atomic mass is 16.3. The number of carbonyl (C=O) groups is 1. The number of nitrogens with zero attached hydrogens (tertiary/aromatic N) is 6. The van der Waals surface area contributed by atoms with Crippen LogP contribution in [-0.4, -0.2) is 70.3 Å². The second kappa shape index (κ2) is 9.64. The van der Waals surface area contributed by atoms with E-state index in [1.165, 1.54) is 10.7 Å². The third kappa shape index (κ3) is 4.74. The van der Waals surface area contributed by atoms with Gasteiger partial charge < -0.3 is 20.2 Å². The van der Waals surface area contributed by atoms with E-state index in [0.29, 0.717) is 24.6 Å². The van der Waals surface area contributed by atoms with Crippen LogP contribution in [0.25, 0.3) is 0 Å². The molecule has 2 aromatic rings. The van der Waals surface area contributed by atoms with Crippen molar-refractivity contribution >= 4 is 17.5 Å². The van der Waals surface area contributed by atoms with Gasteiger partial charge in [0.05, 0.1) is 12.1 Å². The number of aromatic nitrogens is 4. The number of amides is 1. The molecule has 4 rings (SSSR count). The van der Waals surface area contributed by atoms with E-state index in [2.05, 4.69) is 25.5 Å². The molecule has 172 valence electrons. The quantitative estimate of drug-likeness (QED) is 0.681. The number of aliphatic hydroxyl groups is 1. The molecule has 10 heteroatoms. The summed E-state index contributed by atoms with van der Waals surface area (Å²) >= 11 is 0. The number of piperidine rings is 1. The smallest absolute Gasteiger partial charge is 0.271 e. The van der Waals surface area contributed by atoms with Gasteiger partial charge >= 0.3 is 0 Å². The number of carbonyl (C=O) groups excluding carboxylic acids is 1. The summed E-state index contributed by atoms with van der Waals surface area (Å²) in [5.74, 6) is 1.13. The Bertz CT molecular complexity index is 992. The summed E-state index contributed by atoms with van der Waals surface area (Å²) in [5, 5.41) is 25.9. The van der Waals surface area contributed by atoms with Gasteiger partial charge in [0.15, 0.2) is 11.5 Å². The molecule has 1 amide bonds. The fourth-order valence-electron chi connectivity index (χ4n) is 4.51. The molecule has 1 saturated carbocycles. The van der Waals surface area contributed by atoms with E-state index in [1.807, 2.05) is 19.0 Å². The van der Waals surface area contributed by atoms with E-state index >= 15 is 0 Å². The largest absolute Gasteiger partial charge is 0.391 e. The Balaban J connectivity index is 1.46. The average Bonchev–Trinajstić information content (AvgIpc) is 3.23. The lowest BCUT2D eigenvalue weighted by Crippen LogP contribution is -2.48. The van der Waals surface area contributed by atoms with E-state index in [1.54, 1.807) is 18.2 Å². The van der Waals surface area contributed by atoms with Crippen molar-refractivity contribution in [3.63, 3.8) is 0 Å². The maximum absolute atomic E-state index is 12.6. The topological polar surface area (TPSA) is 116 Å². The first-order valence-electron chi connectivity index (χ1n) is 11.3. The molecule has 3 atom stereocenters.